The van der Waals surface area contributed by atoms with E-state index >= 15 is 0 Å². The SMILES string of the molecule is C=Nc1cc(O)ccc1O.Cc1cc(C)cc(O)c1. The van der Waals surface area contributed by atoms with E-state index in [2.05, 4.69) is 11.7 Å². The van der Waals surface area contributed by atoms with Crippen molar-refractivity contribution >= 4 is 12.4 Å². The molecule has 4 nitrogen and oxygen atoms in total. The summed E-state index contributed by atoms with van der Waals surface area (Å²) in [6, 6.07) is 9.59. The summed E-state index contributed by atoms with van der Waals surface area (Å²) in [6.07, 6.45) is 0. The van der Waals surface area contributed by atoms with Gasteiger partial charge in [-0.15, -0.1) is 0 Å². The Morgan fingerprint density at radius 2 is 1.42 bits per heavy atom. The van der Waals surface area contributed by atoms with Crippen molar-refractivity contribution in [2.24, 2.45) is 4.99 Å². The summed E-state index contributed by atoms with van der Waals surface area (Å²) in [6.45, 7) is 7.14. The van der Waals surface area contributed by atoms with Crippen LogP contribution >= 0.6 is 0 Å². The number of aromatic hydroxyl groups is 3. The van der Waals surface area contributed by atoms with E-state index in [4.69, 9.17) is 15.3 Å². The van der Waals surface area contributed by atoms with E-state index in [1.165, 1.54) is 18.2 Å². The number of benzene rings is 2. The van der Waals surface area contributed by atoms with Gasteiger partial charge in [0.1, 0.15) is 22.9 Å². The van der Waals surface area contributed by atoms with Crippen molar-refractivity contribution < 1.29 is 15.3 Å². The fourth-order valence-corrected chi connectivity index (χ4v) is 1.59. The lowest BCUT2D eigenvalue weighted by Crippen LogP contribution is -1.74. The molecule has 0 saturated heterocycles. The molecule has 0 radical (unpaired) electrons. The number of hydrogen-bond donors (Lipinski definition) is 3. The van der Waals surface area contributed by atoms with E-state index < -0.39 is 0 Å². The smallest absolute Gasteiger partial charge is 0.141 e. The van der Waals surface area contributed by atoms with E-state index in [1.54, 1.807) is 12.1 Å². The molecule has 0 aromatic heterocycles. The molecule has 2 aromatic carbocycles. The second-order valence-electron chi connectivity index (χ2n) is 4.18. The van der Waals surface area contributed by atoms with Crippen molar-refractivity contribution in [3.05, 3.63) is 47.5 Å². The van der Waals surface area contributed by atoms with E-state index in [0.717, 1.165) is 11.1 Å². The summed E-state index contributed by atoms with van der Waals surface area (Å²) in [7, 11) is 0. The van der Waals surface area contributed by atoms with Crippen LogP contribution in [-0.4, -0.2) is 22.0 Å². The highest BCUT2D eigenvalue weighted by molar-refractivity contribution is 5.57. The molecule has 0 atom stereocenters. The Hall–Kier alpha value is -2.49. The van der Waals surface area contributed by atoms with E-state index in [-0.39, 0.29) is 11.5 Å². The zero-order valence-corrected chi connectivity index (χ0v) is 11.0. The third kappa shape index (κ3) is 4.71. The first kappa shape index (κ1) is 14.6. The number of phenolic OH excluding ortho intramolecular Hbond substituents is 3. The summed E-state index contributed by atoms with van der Waals surface area (Å²) < 4.78 is 0. The first-order valence-corrected chi connectivity index (χ1v) is 5.68. The Morgan fingerprint density at radius 3 is 1.84 bits per heavy atom. The molecule has 0 saturated carbocycles. The third-order valence-electron chi connectivity index (χ3n) is 2.34. The average molecular weight is 259 g/mol. The second kappa shape index (κ2) is 6.44. The van der Waals surface area contributed by atoms with Gasteiger partial charge in [-0.05, 0) is 56.0 Å². The minimum absolute atomic E-state index is 0.0211. The number of phenols is 3. The molecule has 0 aliphatic carbocycles. The van der Waals surface area contributed by atoms with Gasteiger partial charge in [0.2, 0.25) is 0 Å². The van der Waals surface area contributed by atoms with Crippen molar-refractivity contribution in [1.29, 1.82) is 0 Å². The molecule has 2 aromatic rings. The largest absolute Gasteiger partial charge is 0.508 e. The van der Waals surface area contributed by atoms with Crippen molar-refractivity contribution in [3.8, 4) is 17.2 Å². The van der Waals surface area contributed by atoms with Crippen LogP contribution in [-0.2, 0) is 0 Å². The quantitative estimate of drug-likeness (QED) is 0.542. The van der Waals surface area contributed by atoms with Crippen molar-refractivity contribution in [3.63, 3.8) is 0 Å². The summed E-state index contributed by atoms with van der Waals surface area (Å²) in [5.74, 6) is 0.445. The van der Waals surface area contributed by atoms with Gasteiger partial charge in [-0.3, -0.25) is 4.99 Å². The monoisotopic (exact) mass is 259 g/mol. The van der Waals surface area contributed by atoms with E-state index in [9.17, 15) is 0 Å². The summed E-state index contributed by atoms with van der Waals surface area (Å²) in [5.41, 5.74) is 2.50. The Morgan fingerprint density at radius 1 is 0.842 bits per heavy atom. The summed E-state index contributed by atoms with van der Waals surface area (Å²) in [4.78, 5) is 3.47. The molecule has 0 aliphatic rings. The molecule has 0 amide bonds. The fourth-order valence-electron chi connectivity index (χ4n) is 1.59. The number of aliphatic imine (C=N–C) groups is 1. The first-order chi connectivity index (χ1) is 8.92. The van der Waals surface area contributed by atoms with Gasteiger partial charge < -0.3 is 15.3 Å². The lowest BCUT2D eigenvalue weighted by molar-refractivity contribution is 0.461. The van der Waals surface area contributed by atoms with Gasteiger partial charge in [-0.25, -0.2) is 0 Å². The highest BCUT2D eigenvalue weighted by Crippen LogP contribution is 2.28. The minimum Gasteiger partial charge on any atom is -0.508 e. The summed E-state index contributed by atoms with van der Waals surface area (Å²) in [5, 5.41) is 26.9. The Kier molecular flexibility index (Phi) is 4.94. The van der Waals surface area contributed by atoms with Crippen LogP contribution in [0.1, 0.15) is 11.1 Å². The molecule has 0 fully saturated rings. The second-order valence-corrected chi connectivity index (χ2v) is 4.18. The standard InChI is InChI=1S/C8H10O.C7H7NO2/c1-6-3-7(2)5-8(9)4-6;1-8-6-4-5(9)2-3-7(6)10/h3-5,9H,1-2H3;2-4,9-10H,1H2. The van der Waals surface area contributed by atoms with Crippen LogP contribution < -0.4 is 0 Å². The van der Waals surface area contributed by atoms with Crippen LogP contribution in [0.3, 0.4) is 0 Å². The summed E-state index contributed by atoms with van der Waals surface area (Å²) >= 11 is 0. The Bertz CT molecular complexity index is 529. The maximum absolute atomic E-state index is 8.99. The lowest BCUT2D eigenvalue weighted by atomic mass is 10.1. The molecule has 0 spiro atoms. The van der Waals surface area contributed by atoms with E-state index in [1.807, 2.05) is 19.9 Å². The number of hydrogen-bond acceptors (Lipinski definition) is 4. The van der Waals surface area contributed by atoms with Gasteiger partial charge in [0, 0.05) is 6.07 Å². The van der Waals surface area contributed by atoms with Crippen LogP contribution in [0.4, 0.5) is 5.69 Å². The third-order valence-corrected chi connectivity index (χ3v) is 2.34. The Balaban J connectivity index is 0.000000191. The Labute approximate surface area is 112 Å². The average Bonchev–Trinajstić information content (AvgIpc) is 2.31. The predicted molar refractivity (Wildman–Crippen MR) is 76.6 cm³/mol. The van der Waals surface area contributed by atoms with Crippen molar-refractivity contribution in [2.45, 2.75) is 13.8 Å². The molecule has 4 heteroatoms. The van der Waals surface area contributed by atoms with E-state index in [0.29, 0.717) is 11.4 Å². The fraction of sp³-hybridized carbons (Fsp3) is 0.133. The maximum atomic E-state index is 8.99. The zero-order chi connectivity index (χ0) is 14.4. The van der Waals surface area contributed by atoms with Crippen LogP contribution in [0, 0.1) is 13.8 Å². The molecule has 0 unspecified atom stereocenters. The molecule has 2 rings (SSSR count). The number of nitrogens with zero attached hydrogens (tertiary/aromatic N) is 1. The van der Waals surface area contributed by atoms with Gasteiger partial charge in [-0.1, -0.05) is 6.07 Å². The molecular weight excluding hydrogens is 242 g/mol. The van der Waals surface area contributed by atoms with Gasteiger partial charge >= 0.3 is 0 Å². The molecule has 0 aliphatic heterocycles. The van der Waals surface area contributed by atoms with Gasteiger partial charge in [0.15, 0.2) is 0 Å². The number of rotatable bonds is 1. The maximum Gasteiger partial charge on any atom is 0.141 e. The minimum atomic E-state index is 0.0211. The molecule has 3 N–H and O–H groups in total. The van der Waals surface area contributed by atoms with Gasteiger partial charge in [-0.2, -0.15) is 0 Å². The zero-order valence-electron chi connectivity index (χ0n) is 11.0. The van der Waals surface area contributed by atoms with Crippen molar-refractivity contribution in [1.82, 2.24) is 0 Å². The molecule has 0 bridgehead atoms. The van der Waals surface area contributed by atoms with Crippen LogP contribution in [0.25, 0.3) is 0 Å². The molecule has 0 heterocycles. The van der Waals surface area contributed by atoms with Gasteiger partial charge in [0.05, 0.1) is 0 Å². The number of aryl methyl sites for hydroxylation is 2. The van der Waals surface area contributed by atoms with Crippen LogP contribution in [0.15, 0.2) is 41.4 Å². The normalized spacial score (nSPS) is 9.37. The lowest BCUT2D eigenvalue weighted by Gasteiger charge is -1.96. The molecule has 100 valence electrons. The topological polar surface area (TPSA) is 73.1 Å². The first-order valence-electron chi connectivity index (χ1n) is 5.68. The highest BCUT2D eigenvalue weighted by atomic mass is 16.3. The molecular formula is C15H17NO3. The van der Waals surface area contributed by atoms with Gasteiger partial charge in [0.25, 0.3) is 0 Å². The van der Waals surface area contributed by atoms with Crippen LogP contribution in [0.2, 0.25) is 0 Å². The van der Waals surface area contributed by atoms with Crippen molar-refractivity contribution in [2.75, 3.05) is 0 Å². The molecule has 19 heavy (non-hydrogen) atoms. The predicted octanol–water partition coefficient (Wildman–Crippen LogP) is 3.44. The highest BCUT2D eigenvalue weighted by Gasteiger charge is 1.97. The van der Waals surface area contributed by atoms with Crippen LogP contribution in [0.5, 0.6) is 17.2 Å².